The number of hydrogen-bond acceptors (Lipinski definition) is 5. The molecule has 0 amide bonds. The van der Waals surface area contributed by atoms with Crippen LogP contribution in [0.15, 0.2) is 54.9 Å². The van der Waals surface area contributed by atoms with E-state index in [1.165, 1.54) is 9.75 Å². The second-order valence-electron chi connectivity index (χ2n) is 6.06. The Morgan fingerprint density at radius 3 is 2.38 bits per heavy atom. The van der Waals surface area contributed by atoms with Crippen LogP contribution in [-0.2, 0) is 6.54 Å². The molecule has 0 atom stereocenters. The summed E-state index contributed by atoms with van der Waals surface area (Å²) < 4.78 is 0. The lowest BCUT2D eigenvalue weighted by molar-refractivity contribution is 0.251. The van der Waals surface area contributed by atoms with Gasteiger partial charge in [0, 0.05) is 65.5 Å². The van der Waals surface area contributed by atoms with Crippen LogP contribution in [0.3, 0.4) is 0 Å². The van der Waals surface area contributed by atoms with Crippen molar-refractivity contribution >= 4 is 41.3 Å². The van der Waals surface area contributed by atoms with Crippen molar-refractivity contribution in [2.24, 2.45) is 0 Å². The van der Waals surface area contributed by atoms with Crippen LogP contribution in [0, 0.1) is 0 Å². The quantitative estimate of drug-likeness (QED) is 0.633. The van der Waals surface area contributed by atoms with Gasteiger partial charge in [-0.05, 0) is 24.3 Å². The second-order valence-corrected chi connectivity index (χ2v) is 7.63. The van der Waals surface area contributed by atoms with Gasteiger partial charge in [-0.25, -0.2) is 9.97 Å². The fraction of sp³-hybridized carbons (Fsp3) is 0.263. The Bertz CT molecular complexity index is 832. The fourth-order valence-electron chi connectivity index (χ4n) is 3.05. The molecule has 1 saturated heterocycles. The first kappa shape index (κ1) is 19.1. The number of nitrogens with zero attached hydrogens (tertiary/aromatic N) is 4. The summed E-state index contributed by atoms with van der Waals surface area (Å²) >= 11 is 8.14. The smallest absolute Gasteiger partial charge is 0.225 e. The van der Waals surface area contributed by atoms with Gasteiger partial charge in [-0.2, -0.15) is 0 Å². The topological polar surface area (TPSA) is 32.3 Å². The highest BCUT2D eigenvalue weighted by Crippen LogP contribution is 2.33. The summed E-state index contributed by atoms with van der Waals surface area (Å²) in [5.41, 5.74) is 1.12. The normalized spacial score (nSPS) is 14.9. The summed E-state index contributed by atoms with van der Waals surface area (Å²) in [4.78, 5) is 16.0. The zero-order valence-corrected chi connectivity index (χ0v) is 16.6. The van der Waals surface area contributed by atoms with Gasteiger partial charge < -0.3 is 4.90 Å². The van der Waals surface area contributed by atoms with Gasteiger partial charge in [0.15, 0.2) is 0 Å². The van der Waals surface area contributed by atoms with Gasteiger partial charge >= 0.3 is 0 Å². The summed E-state index contributed by atoms with van der Waals surface area (Å²) in [6, 6.07) is 14.3. The summed E-state index contributed by atoms with van der Waals surface area (Å²) in [5.74, 6) is 0.833. The van der Waals surface area contributed by atoms with Gasteiger partial charge in [0.25, 0.3) is 0 Å². The molecule has 1 aliphatic rings. The van der Waals surface area contributed by atoms with E-state index >= 15 is 0 Å². The standard InChI is InChI=1S/C19H19ClN4S.ClH/c20-17-5-2-1-4-16(17)18-7-6-15(25-18)14-23-10-12-24(13-11-23)19-21-8-3-9-22-19;/h1-9H,10-14H2;1H. The third kappa shape index (κ3) is 4.35. The van der Waals surface area contributed by atoms with E-state index in [4.69, 9.17) is 11.6 Å². The van der Waals surface area contributed by atoms with Crippen LogP contribution in [0.5, 0.6) is 0 Å². The van der Waals surface area contributed by atoms with Crippen molar-refractivity contribution < 1.29 is 0 Å². The Labute approximate surface area is 168 Å². The maximum atomic E-state index is 6.31. The SMILES string of the molecule is Cl.Clc1ccccc1-c1ccc(CN2CCN(c3ncccn3)CC2)s1. The minimum Gasteiger partial charge on any atom is -0.338 e. The molecular formula is C19H20Cl2N4S. The third-order valence-electron chi connectivity index (χ3n) is 4.39. The second kappa shape index (κ2) is 8.82. The maximum absolute atomic E-state index is 6.31. The van der Waals surface area contributed by atoms with Crippen molar-refractivity contribution in [2.45, 2.75) is 6.54 Å². The van der Waals surface area contributed by atoms with E-state index in [1.807, 2.05) is 35.6 Å². The predicted octanol–water partition coefficient (Wildman–Crippen LogP) is 4.60. The Hall–Kier alpha value is -1.66. The Morgan fingerprint density at radius 1 is 0.923 bits per heavy atom. The van der Waals surface area contributed by atoms with E-state index in [1.54, 1.807) is 12.4 Å². The summed E-state index contributed by atoms with van der Waals surface area (Å²) in [5, 5.41) is 0.812. The maximum Gasteiger partial charge on any atom is 0.225 e. The first-order valence-corrected chi connectivity index (χ1v) is 9.57. The van der Waals surface area contributed by atoms with Gasteiger partial charge in [0.2, 0.25) is 5.95 Å². The van der Waals surface area contributed by atoms with Crippen LogP contribution in [0.2, 0.25) is 5.02 Å². The zero-order chi connectivity index (χ0) is 17.1. The van der Waals surface area contributed by atoms with Crippen LogP contribution < -0.4 is 4.90 Å². The van der Waals surface area contributed by atoms with Gasteiger partial charge in [0.1, 0.15) is 0 Å². The van der Waals surface area contributed by atoms with E-state index in [2.05, 4.69) is 38.0 Å². The van der Waals surface area contributed by atoms with Gasteiger partial charge in [-0.15, -0.1) is 23.7 Å². The van der Waals surface area contributed by atoms with Crippen molar-refractivity contribution in [3.05, 3.63) is 64.8 Å². The molecule has 4 nitrogen and oxygen atoms in total. The van der Waals surface area contributed by atoms with Crippen LogP contribution >= 0.6 is 35.3 Å². The molecule has 4 rings (SSSR count). The molecule has 136 valence electrons. The third-order valence-corrected chi connectivity index (χ3v) is 5.82. The number of rotatable bonds is 4. The first-order valence-electron chi connectivity index (χ1n) is 8.37. The lowest BCUT2D eigenvalue weighted by Gasteiger charge is -2.34. The van der Waals surface area contributed by atoms with Crippen molar-refractivity contribution in [3.63, 3.8) is 0 Å². The highest BCUT2D eigenvalue weighted by Gasteiger charge is 2.19. The Balaban J connectivity index is 0.00000196. The molecular weight excluding hydrogens is 387 g/mol. The first-order chi connectivity index (χ1) is 12.3. The molecule has 3 heterocycles. The molecule has 26 heavy (non-hydrogen) atoms. The van der Waals surface area contributed by atoms with Crippen molar-refractivity contribution in [2.75, 3.05) is 31.1 Å². The van der Waals surface area contributed by atoms with Crippen molar-refractivity contribution in [1.29, 1.82) is 0 Å². The van der Waals surface area contributed by atoms with Crippen LogP contribution in [0.4, 0.5) is 5.95 Å². The number of anilines is 1. The molecule has 0 bridgehead atoms. The molecule has 2 aromatic heterocycles. The number of piperazine rings is 1. The Kier molecular flexibility index (Phi) is 6.48. The van der Waals surface area contributed by atoms with E-state index < -0.39 is 0 Å². The van der Waals surface area contributed by atoms with Crippen LogP contribution in [-0.4, -0.2) is 41.0 Å². The molecule has 0 radical (unpaired) electrons. The van der Waals surface area contributed by atoms with Crippen LogP contribution in [0.1, 0.15) is 4.88 Å². The molecule has 0 unspecified atom stereocenters. The molecule has 7 heteroatoms. The van der Waals surface area contributed by atoms with Crippen molar-refractivity contribution in [3.8, 4) is 10.4 Å². The molecule has 3 aromatic rings. The molecule has 0 aliphatic carbocycles. The largest absolute Gasteiger partial charge is 0.338 e. The lowest BCUT2D eigenvalue weighted by atomic mass is 10.2. The molecule has 1 aromatic carbocycles. The number of benzene rings is 1. The van der Waals surface area contributed by atoms with E-state index in [-0.39, 0.29) is 12.4 Å². The molecule has 0 saturated carbocycles. The summed E-state index contributed by atoms with van der Waals surface area (Å²) in [7, 11) is 0. The van der Waals surface area contributed by atoms with E-state index in [0.717, 1.165) is 49.3 Å². The highest BCUT2D eigenvalue weighted by molar-refractivity contribution is 7.15. The van der Waals surface area contributed by atoms with Gasteiger partial charge in [-0.3, -0.25) is 4.90 Å². The van der Waals surface area contributed by atoms with Gasteiger partial charge in [-0.1, -0.05) is 29.8 Å². The predicted molar refractivity (Wildman–Crippen MR) is 112 cm³/mol. The van der Waals surface area contributed by atoms with E-state index in [9.17, 15) is 0 Å². The average Bonchev–Trinajstić information content (AvgIpc) is 3.12. The van der Waals surface area contributed by atoms with Crippen LogP contribution in [0.25, 0.3) is 10.4 Å². The minimum atomic E-state index is 0. The fourth-order valence-corrected chi connectivity index (χ4v) is 4.43. The summed E-state index contributed by atoms with van der Waals surface area (Å²) in [6.07, 6.45) is 3.60. The molecule has 0 spiro atoms. The zero-order valence-electron chi connectivity index (χ0n) is 14.2. The number of hydrogen-bond donors (Lipinski definition) is 0. The molecule has 1 fully saturated rings. The number of thiophene rings is 1. The van der Waals surface area contributed by atoms with Crippen molar-refractivity contribution in [1.82, 2.24) is 14.9 Å². The minimum absolute atomic E-state index is 0. The molecule has 1 aliphatic heterocycles. The summed E-state index contributed by atoms with van der Waals surface area (Å²) in [6.45, 7) is 4.97. The number of halogens is 2. The monoisotopic (exact) mass is 406 g/mol. The van der Waals surface area contributed by atoms with Gasteiger partial charge in [0.05, 0.1) is 0 Å². The number of aromatic nitrogens is 2. The lowest BCUT2D eigenvalue weighted by Crippen LogP contribution is -2.46. The molecule has 0 N–H and O–H groups in total. The average molecular weight is 407 g/mol. The Morgan fingerprint density at radius 2 is 1.65 bits per heavy atom. The highest BCUT2D eigenvalue weighted by atomic mass is 35.5. The van der Waals surface area contributed by atoms with E-state index in [0.29, 0.717) is 0 Å².